The zero-order chi connectivity index (χ0) is 15.4. The lowest BCUT2D eigenvalue weighted by Crippen LogP contribution is -2.36. The van der Waals surface area contributed by atoms with Gasteiger partial charge >= 0.3 is 5.97 Å². The zero-order valence-corrected chi connectivity index (χ0v) is 11.8. The summed E-state index contributed by atoms with van der Waals surface area (Å²) >= 11 is 0. The molecule has 0 aromatic carbocycles. The number of furan rings is 1. The van der Waals surface area contributed by atoms with E-state index in [1.807, 2.05) is 13.8 Å². The maximum absolute atomic E-state index is 12.5. The maximum atomic E-state index is 12.5. The number of rotatable bonds is 5. The summed E-state index contributed by atoms with van der Waals surface area (Å²) in [5, 5.41) is 8.94. The fourth-order valence-electron chi connectivity index (χ4n) is 1.88. The van der Waals surface area contributed by atoms with Gasteiger partial charge in [0.25, 0.3) is 5.91 Å². The first-order valence-corrected chi connectivity index (χ1v) is 6.52. The van der Waals surface area contributed by atoms with Crippen LogP contribution in [0.4, 0.5) is 0 Å². The Bertz CT molecular complexity index is 635. The number of hydrogen-bond donors (Lipinski definition) is 1. The number of amides is 1. The van der Waals surface area contributed by atoms with Crippen LogP contribution in [-0.2, 0) is 6.54 Å². The molecule has 0 aliphatic carbocycles. The molecule has 0 aliphatic rings. The van der Waals surface area contributed by atoms with Crippen molar-refractivity contribution in [3.05, 3.63) is 53.7 Å². The molecule has 0 fully saturated rings. The molecule has 110 valence electrons. The van der Waals surface area contributed by atoms with Crippen molar-refractivity contribution >= 4 is 11.9 Å². The number of carboxylic acid groups (broad SMARTS) is 1. The third-order valence-electron chi connectivity index (χ3n) is 2.98. The standard InChI is InChI=1S/C15H16N2O4/c1-10(2)17(9-11-5-4-8-21-11)14(18)12-6-3-7-13(16-12)15(19)20/h3-8,10H,9H2,1-2H3,(H,19,20). The van der Waals surface area contributed by atoms with Crippen molar-refractivity contribution in [1.29, 1.82) is 0 Å². The van der Waals surface area contributed by atoms with Crippen molar-refractivity contribution < 1.29 is 19.1 Å². The van der Waals surface area contributed by atoms with Crippen molar-refractivity contribution in [2.75, 3.05) is 0 Å². The molecular weight excluding hydrogens is 272 g/mol. The molecule has 6 nitrogen and oxygen atoms in total. The van der Waals surface area contributed by atoms with E-state index < -0.39 is 5.97 Å². The monoisotopic (exact) mass is 288 g/mol. The fourth-order valence-corrected chi connectivity index (χ4v) is 1.88. The van der Waals surface area contributed by atoms with Crippen LogP contribution in [0.25, 0.3) is 0 Å². The van der Waals surface area contributed by atoms with Gasteiger partial charge in [-0.25, -0.2) is 9.78 Å². The van der Waals surface area contributed by atoms with Gasteiger partial charge in [-0.1, -0.05) is 6.07 Å². The molecule has 21 heavy (non-hydrogen) atoms. The lowest BCUT2D eigenvalue weighted by atomic mass is 10.2. The van der Waals surface area contributed by atoms with Crippen molar-refractivity contribution in [3.63, 3.8) is 0 Å². The van der Waals surface area contributed by atoms with E-state index in [0.29, 0.717) is 12.3 Å². The smallest absolute Gasteiger partial charge is 0.354 e. The third-order valence-corrected chi connectivity index (χ3v) is 2.98. The maximum Gasteiger partial charge on any atom is 0.354 e. The Balaban J connectivity index is 2.26. The summed E-state index contributed by atoms with van der Waals surface area (Å²) in [6, 6.07) is 7.83. The molecule has 2 heterocycles. The number of carbonyl (C=O) groups is 2. The highest BCUT2D eigenvalue weighted by Gasteiger charge is 2.22. The number of carbonyl (C=O) groups excluding carboxylic acids is 1. The second-order valence-corrected chi connectivity index (χ2v) is 4.82. The summed E-state index contributed by atoms with van der Waals surface area (Å²) in [6.45, 7) is 4.06. The summed E-state index contributed by atoms with van der Waals surface area (Å²) in [4.78, 5) is 28.9. The Morgan fingerprint density at radius 2 is 1.95 bits per heavy atom. The second-order valence-electron chi connectivity index (χ2n) is 4.82. The fraction of sp³-hybridized carbons (Fsp3) is 0.267. The molecule has 0 unspecified atom stereocenters. The number of aromatic nitrogens is 1. The van der Waals surface area contributed by atoms with E-state index >= 15 is 0 Å². The van der Waals surface area contributed by atoms with Crippen LogP contribution in [0.15, 0.2) is 41.0 Å². The Morgan fingerprint density at radius 3 is 2.52 bits per heavy atom. The van der Waals surface area contributed by atoms with Crippen LogP contribution in [-0.4, -0.2) is 32.9 Å². The van der Waals surface area contributed by atoms with Gasteiger partial charge in [0.1, 0.15) is 17.1 Å². The van der Waals surface area contributed by atoms with Crippen LogP contribution in [0.3, 0.4) is 0 Å². The Morgan fingerprint density at radius 1 is 1.24 bits per heavy atom. The van der Waals surface area contributed by atoms with Gasteiger partial charge in [0.15, 0.2) is 0 Å². The highest BCUT2D eigenvalue weighted by molar-refractivity contribution is 5.94. The van der Waals surface area contributed by atoms with Crippen LogP contribution in [0.2, 0.25) is 0 Å². The van der Waals surface area contributed by atoms with Crippen LogP contribution in [0.1, 0.15) is 40.6 Å². The minimum absolute atomic E-state index is 0.0714. The highest BCUT2D eigenvalue weighted by atomic mass is 16.4. The summed E-state index contributed by atoms with van der Waals surface area (Å²) in [7, 11) is 0. The van der Waals surface area contributed by atoms with Gasteiger partial charge in [-0.3, -0.25) is 4.79 Å². The molecule has 6 heteroatoms. The number of carboxylic acids is 1. The SMILES string of the molecule is CC(C)N(Cc1ccco1)C(=O)c1cccc(C(=O)O)n1. The van der Waals surface area contributed by atoms with E-state index in [1.165, 1.54) is 18.2 Å². The minimum atomic E-state index is -1.16. The molecule has 0 saturated carbocycles. The highest BCUT2D eigenvalue weighted by Crippen LogP contribution is 2.13. The Kier molecular flexibility index (Phi) is 4.37. The summed E-state index contributed by atoms with van der Waals surface area (Å²) in [5.74, 6) is -0.831. The van der Waals surface area contributed by atoms with E-state index in [4.69, 9.17) is 9.52 Å². The summed E-state index contributed by atoms with van der Waals surface area (Å²) in [6.07, 6.45) is 1.54. The van der Waals surface area contributed by atoms with Gasteiger partial charge in [0.2, 0.25) is 0 Å². The van der Waals surface area contributed by atoms with E-state index in [0.717, 1.165) is 0 Å². The molecule has 0 bridgehead atoms. The van der Waals surface area contributed by atoms with E-state index in [9.17, 15) is 9.59 Å². The zero-order valence-electron chi connectivity index (χ0n) is 11.8. The molecule has 1 N–H and O–H groups in total. The summed E-state index contributed by atoms with van der Waals surface area (Å²) in [5.41, 5.74) is -0.0438. The van der Waals surface area contributed by atoms with Crippen molar-refractivity contribution in [2.24, 2.45) is 0 Å². The van der Waals surface area contributed by atoms with Crippen LogP contribution in [0, 0.1) is 0 Å². The first-order chi connectivity index (χ1) is 9.99. The average molecular weight is 288 g/mol. The number of pyridine rings is 1. The van der Waals surface area contributed by atoms with Gasteiger partial charge in [-0.2, -0.15) is 0 Å². The van der Waals surface area contributed by atoms with Gasteiger partial charge in [-0.15, -0.1) is 0 Å². The lowest BCUT2D eigenvalue weighted by Gasteiger charge is -2.25. The average Bonchev–Trinajstić information content (AvgIpc) is 2.97. The van der Waals surface area contributed by atoms with E-state index in [1.54, 1.807) is 23.3 Å². The molecular formula is C15H16N2O4. The van der Waals surface area contributed by atoms with Crippen molar-refractivity contribution in [2.45, 2.75) is 26.4 Å². The van der Waals surface area contributed by atoms with Crippen molar-refractivity contribution in [3.8, 4) is 0 Å². The molecule has 0 spiro atoms. The van der Waals surface area contributed by atoms with Crippen LogP contribution >= 0.6 is 0 Å². The van der Waals surface area contributed by atoms with E-state index in [2.05, 4.69) is 4.98 Å². The quantitative estimate of drug-likeness (QED) is 0.913. The van der Waals surface area contributed by atoms with Gasteiger partial charge in [-0.05, 0) is 38.1 Å². The van der Waals surface area contributed by atoms with Gasteiger partial charge < -0.3 is 14.4 Å². The van der Waals surface area contributed by atoms with Gasteiger partial charge in [0, 0.05) is 6.04 Å². The molecule has 2 rings (SSSR count). The third kappa shape index (κ3) is 3.47. The molecule has 2 aromatic rings. The van der Waals surface area contributed by atoms with E-state index in [-0.39, 0.29) is 23.3 Å². The molecule has 1 amide bonds. The number of hydrogen-bond acceptors (Lipinski definition) is 4. The topological polar surface area (TPSA) is 83.6 Å². The molecule has 0 saturated heterocycles. The molecule has 0 radical (unpaired) electrons. The largest absolute Gasteiger partial charge is 0.477 e. The van der Waals surface area contributed by atoms with Crippen LogP contribution < -0.4 is 0 Å². The first-order valence-electron chi connectivity index (χ1n) is 6.52. The minimum Gasteiger partial charge on any atom is -0.477 e. The Labute approximate surface area is 122 Å². The second kappa shape index (κ2) is 6.21. The number of nitrogens with zero attached hydrogens (tertiary/aromatic N) is 2. The predicted octanol–water partition coefficient (Wildman–Crippen LogP) is 2.42. The normalized spacial score (nSPS) is 10.6. The summed E-state index contributed by atoms with van der Waals surface area (Å²) < 4.78 is 5.25. The van der Waals surface area contributed by atoms with Gasteiger partial charge in [0.05, 0.1) is 12.8 Å². The van der Waals surface area contributed by atoms with Crippen molar-refractivity contribution in [1.82, 2.24) is 9.88 Å². The lowest BCUT2D eigenvalue weighted by molar-refractivity contribution is 0.0668. The number of aromatic carboxylic acids is 1. The Hall–Kier alpha value is -2.63. The first kappa shape index (κ1) is 14.8. The molecule has 0 atom stereocenters. The predicted molar refractivity (Wildman–Crippen MR) is 74.9 cm³/mol. The molecule has 0 aliphatic heterocycles. The van der Waals surface area contributed by atoms with Crippen LogP contribution in [0.5, 0.6) is 0 Å². The molecule has 2 aromatic heterocycles.